The van der Waals surface area contributed by atoms with E-state index in [2.05, 4.69) is 10.3 Å². The van der Waals surface area contributed by atoms with E-state index in [1.807, 2.05) is 18.2 Å². The second-order valence-corrected chi connectivity index (χ2v) is 5.85. The van der Waals surface area contributed by atoms with Crippen molar-refractivity contribution in [2.45, 2.75) is 19.9 Å². The summed E-state index contributed by atoms with van der Waals surface area (Å²) in [5, 5.41) is 12.4. The molecule has 1 aromatic heterocycles. The van der Waals surface area contributed by atoms with Crippen molar-refractivity contribution in [3.63, 3.8) is 0 Å². The molecule has 1 aromatic carbocycles. The number of rotatable bonds is 4. The second kappa shape index (κ2) is 6.24. The van der Waals surface area contributed by atoms with Gasteiger partial charge < -0.3 is 10.4 Å². The molecule has 1 amide bonds. The first-order valence-corrected chi connectivity index (χ1v) is 7.35. The molecule has 0 aliphatic heterocycles. The molecule has 0 spiro atoms. The third-order valence-electron chi connectivity index (χ3n) is 2.83. The summed E-state index contributed by atoms with van der Waals surface area (Å²) in [4.78, 5) is 27.6. The lowest BCUT2D eigenvalue weighted by Gasteiger charge is -2.07. The van der Waals surface area contributed by atoms with Crippen molar-refractivity contribution in [3.05, 3.63) is 39.9 Å². The van der Waals surface area contributed by atoms with E-state index in [9.17, 15) is 9.59 Å². The molecule has 110 valence electrons. The lowest BCUT2D eigenvalue weighted by atomic mass is 10.2. The number of amides is 1. The Morgan fingerprint density at radius 1 is 1.38 bits per heavy atom. The first-order chi connectivity index (χ1) is 9.90. The molecule has 0 saturated heterocycles. The Morgan fingerprint density at radius 3 is 2.67 bits per heavy atom. The van der Waals surface area contributed by atoms with Gasteiger partial charge in [-0.25, -0.2) is 4.98 Å². The van der Waals surface area contributed by atoms with Crippen molar-refractivity contribution in [1.82, 2.24) is 10.3 Å². The summed E-state index contributed by atoms with van der Waals surface area (Å²) >= 11 is 7.30. The smallest absolute Gasteiger partial charge is 0.325 e. The highest BCUT2D eigenvalue weighted by atomic mass is 35.5. The number of nitrogens with one attached hydrogen (secondary N) is 1. The largest absolute Gasteiger partial charge is 0.480 e. The number of carboxylic acid groups (broad SMARTS) is 1. The zero-order valence-electron chi connectivity index (χ0n) is 11.4. The Morgan fingerprint density at radius 2 is 2.05 bits per heavy atom. The number of carbonyl (C=O) groups is 2. The van der Waals surface area contributed by atoms with Crippen LogP contribution in [-0.4, -0.2) is 28.0 Å². The van der Waals surface area contributed by atoms with Gasteiger partial charge in [0, 0.05) is 5.56 Å². The number of aliphatic carboxylic acids is 1. The topological polar surface area (TPSA) is 79.3 Å². The van der Waals surface area contributed by atoms with E-state index in [0.717, 1.165) is 5.56 Å². The first-order valence-electron chi connectivity index (χ1n) is 6.16. The number of hydrogen-bond acceptors (Lipinski definition) is 4. The standard InChI is InChI=1S/C14H13ClN2O3S/c1-7-11(12(18)16-8(2)14(19)20)21-13(17-7)9-5-3-4-6-10(9)15/h3-6,8H,1-2H3,(H,16,18)(H,19,20)/t8-/m0/s1. The van der Waals surface area contributed by atoms with Crippen molar-refractivity contribution in [2.75, 3.05) is 0 Å². The maximum Gasteiger partial charge on any atom is 0.325 e. The maximum absolute atomic E-state index is 12.1. The fraction of sp³-hybridized carbons (Fsp3) is 0.214. The number of carbonyl (C=O) groups excluding carboxylic acids is 1. The highest BCUT2D eigenvalue weighted by molar-refractivity contribution is 7.17. The predicted octanol–water partition coefficient (Wildman–Crippen LogP) is 2.97. The quantitative estimate of drug-likeness (QED) is 0.906. The van der Waals surface area contributed by atoms with Gasteiger partial charge in [0.1, 0.15) is 15.9 Å². The first kappa shape index (κ1) is 15.5. The van der Waals surface area contributed by atoms with Gasteiger partial charge in [0.05, 0.1) is 10.7 Å². The Bertz CT molecular complexity index is 699. The van der Waals surface area contributed by atoms with Gasteiger partial charge in [0.25, 0.3) is 5.91 Å². The minimum Gasteiger partial charge on any atom is -0.480 e. The van der Waals surface area contributed by atoms with E-state index < -0.39 is 17.9 Å². The number of hydrogen-bond donors (Lipinski definition) is 2. The van der Waals surface area contributed by atoms with Crippen LogP contribution in [0, 0.1) is 6.92 Å². The van der Waals surface area contributed by atoms with Gasteiger partial charge in [-0.15, -0.1) is 11.3 Å². The molecule has 1 atom stereocenters. The number of halogens is 1. The molecule has 0 saturated carbocycles. The SMILES string of the molecule is Cc1nc(-c2ccccc2Cl)sc1C(=O)N[C@@H](C)C(=O)O. The van der Waals surface area contributed by atoms with Crippen LogP contribution in [0.3, 0.4) is 0 Å². The molecule has 2 rings (SSSR count). The molecule has 0 bridgehead atoms. The van der Waals surface area contributed by atoms with E-state index in [1.165, 1.54) is 18.3 Å². The summed E-state index contributed by atoms with van der Waals surface area (Å²) in [6, 6.07) is 6.27. The van der Waals surface area contributed by atoms with E-state index in [-0.39, 0.29) is 0 Å². The summed E-state index contributed by atoms with van der Waals surface area (Å²) in [6.07, 6.45) is 0. The monoisotopic (exact) mass is 324 g/mol. The van der Waals surface area contributed by atoms with Crippen molar-refractivity contribution in [1.29, 1.82) is 0 Å². The molecule has 21 heavy (non-hydrogen) atoms. The van der Waals surface area contributed by atoms with E-state index in [1.54, 1.807) is 13.0 Å². The van der Waals surface area contributed by atoms with E-state index in [0.29, 0.717) is 20.6 Å². The molecule has 2 aromatic rings. The predicted molar refractivity (Wildman–Crippen MR) is 81.9 cm³/mol. The molecule has 0 aliphatic carbocycles. The average molecular weight is 325 g/mol. The second-order valence-electron chi connectivity index (χ2n) is 4.45. The Balaban J connectivity index is 2.30. The molecule has 0 radical (unpaired) electrons. The molecule has 0 fully saturated rings. The van der Waals surface area contributed by atoms with Crippen molar-refractivity contribution in [3.8, 4) is 10.6 Å². The Labute approximate surface area is 130 Å². The highest BCUT2D eigenvalue weighted by Crippen LogP contribution is 2.32. The maximum atomic E-state index is 12.1. The zero-order chi connectivity index (χ0) is 15.6. The number of thiazole rings is 1. The van der Waals surface area contributed by atoms with Crippen LogP contribution in [0.4, 0.5) is 0 Å². The lowest BCUT2D eigenvalue weighted by molar-refractivity contribution is -0.138. The summed E-state index contributed by atoms with van der Waals surface area (Å²) in [7, 11) is 0. The molecule has 0 aliphatic rings. The van der Waals surface area contributed by atoms with Crippen LogP contribution in [0.2, 0.25) is 5.02 Å². The fourth-order valence-electron chi connectivity index (χ4n) is 1.68. The number of aryl methyl sites for hydroxylation is 1. The third kappa shape index (κ3) is 3.40. The van der Waals surface area contributed by atoms with Crippen LogP contribution in [0.15, 0.2) is 24.3 Å². The highest BCUT2D eigenvalue weighted by Gasteiger charge is 2.21. The van der Waals surface area contributed by atoms with Gasteiger partial charge in [-0.3, -0.25) is 9.59 Å². The van der Waals surface area contributed by atoms with Crippen molar-refractivity contribution in [2.24, 2.45) is 0 Å². The van der Waals surface area contributed by atoms with Crippen molar-refractivity contribution >= 4 is 34.8 Å². The molecule has 7 heteroatoms. The van der Waals surface area contributed by atoms with Gasteiger partial charge in [0.2, 0.25) is 0 Å². The molecule has 0 unspecified atom stereocenters. The van der Waals surface area contributed by atoms with E-state index >= 15 is 0 Å². The summed E-state index contributed by atoms with van der Waals surface area (Å²) < 4.78 is 0. The van der Waals surface area contributed by atoms with Gasteiger partial charge in [-0.1, -0.05) is 29.8 Å². The Kier molecular flexibility index (Phi) is 4.59. The van der Waals surface area contributed by atoms with Crippen LogP contribution in [0.25, 0.3) is 10.6 Å². The number of nitrogens with zero attached hydrogens (tertiary/aromatic N) is 1. The molecule has 1 heterocycles. The van der Waals surface area contributed by atoms with E-state index in [4.69, 9.17) is 16.7 Å². The Hall–Kier alpha value is -1.92. The van der Waals surface area contributed by atoms with Crippen LogP contribution in [-0.2, 0) is 4.79 Å². The van der Waals surface area contributed by atoms with Crippen LogP contribution in [0.5, 0.6) is 0 Å². The van der Waals surface area contributed by atoms with Crippen LogP contribution >= 0.6 is 22.9 Å². The van der Waals surface area contributed by atoms with Crippen LogP contribution in [0.1, 0.15) is 22.3 Å². The normalized spacial score (nSPS) is 12.0. The summed E-state index contributed by atoms with van der Waals surface area (Å²) in [5.74, 6) is -1.53. The molecule has 2 N–H and O–H groups in total. The summed E-state index contributed by atoms with van der Waals surface area (Å²) in [6.45, 7) is 3.11. The fourth-order valence-corrected chi connectivity index (χ4v) is 2.97. The number of carboxylic acids is 1. The third-order valence-corrected chi connectivity index (χ3v) is 4.34. The minimum atomic E-state index is -1.09. The number of aromatic nitrogens is 1. The van der Waals surface area contributed by atoms with Gasteiger partial charge in [0.15, 0.2) is 0 Å². The zero-order valence-corrected chi connectivity index (χ0v) is 13.0. The summed E-state index contributed by atoms with van der Waals surface area (Å²) in [5.41, 5.74) is 1.29. The average Bonchev–Trinajstić information content (AvgIpc) is 2.81. The van der Waals surface area contributed by atoms with Gasteiger partial charge >= 0.3 is 5.97 Å². The molecular formula is C14H13ClN2O3S. The van der Waals surface area contributed by atoms with Crippen molar-refractivity contribution < 1.29 is 14.7 Å². The molecular weight excluding hydrogens is 312 g/mol. The van der Waals surface area contributed by atoms with Gasteiger partial charge in [-0.2, -0.15) is 0 Å². The van der Waals surface area contributed by atoms with Crippen LogP contribution < -0.4 is 5.32 Å². The van der Waals surface area contributed by atoms with Gasteiger partial charge in [-0.05, 0) is 19.9 Å². The lowest BCUT2D eigenvalue weighted by Crippen LogP contribution is -2.38. The number of benzene rings is 1. The molecule has 5 nitrogen and oxygen atoms in total. The minimum absolute atomic E-state index is 0.387.